The van der Waals surface area contributed by atoms with E-state index in [2.05, 4.69) is 65.2 Å². The number of hydrogen-bond acceptors (Lipinski definition) is 2. The van der Waals surface area contributed by atoms with Crippen LogP contribution in [0.4, 0.5) is 0 Å². The molecule has 184 valence electrons. The summed E-state index contributed by atoms with van der Waals surface area (Å²) in [6.45, 7) is 23.9. The fourth-order valence-electron chi connectivity index (χ4n) is 4.60. The molecular formula is C28H62N2. The van der Waals surface area contributed by atoms with Gasteiger partial charge in [0.25, 0.3) is 0 Å². The second-order valence-corrected chi connectivity index (χ2v) is 11.1. The Labute approximate surface area is 193 Å². The van der Waals surface area contributed by atoms with Crippen LogP contribution in [-0.4, -0.2) is 48.1 Å². The van der Waals surface area contributed by atoms with Crippen molar-refractivity contribution in [1.29, 1.82) is 0 Å². The van der Waals surface area contributed by atoms with Gasteiger partial charge in [-0.05, 0) is 83.7 Å². The van der Waals surface area contributed by atoms with E-state index in [0.717, 1.165) is 35.8 Å². The largest absolute Gasteiger partial charge is 0.301 e. The molecule has 0 aromatic rings. The topological polar surface area (TPSA) is 6.48 Å². The van der Waals surface area contributed by atoms with Gasteiger partial charge in [-0.3, -0.25) is 0 Å². The van der Waals surface area contributed by atoms with Gasteiger partial charge < -0.3 is 9.80 Å². The van der Waals surface area contributed by atoms with Crippen LogP contribution in [-0.2, 0) is 0 Å². The number of nitrogens with zero attached hydrogens (tertiary/aromatic N) is 2. The van der Waals surface area contributed by atoms with Crippen LogP contribution in [0.2, 0.25) is 0 Å². The van der Waals surface area contributed by atoms with Crippen LogP contribution in [0.3, 0.4) is 0 Å². The van der Waals surface area contributed by atoms with E-state index >= 15 is 0 Å². The Kier molecular flexibility index (Phi) is 18.7. The van der Waals surface area contributed by atoms with Gasteiger partial charge in [-0.25, -0.2) is 0 Å². The molecule has 0 aromatic heterocycles. The van der Waals surface area contributed by atoms with Crippen molar-refractivity contribution < 1.29 is 0 Å². The predicted octanol–water partition coefficient (Wildman–Crippen LogP) is 8.36. The second kappa shape index (κ2) is 17.5. The molecule has 0 amide bonds. The highest BCUT2D eigenvalue weighted by molar-refractivity contribution is 4.81. The van der Waals surface area contributed by atoms with Crippen molar-refractivity contribution >= 4 is 0 Å². The summed E-state index contributed by atoms with van der Waals surface area (Å²) in [5.74, 6) is 3.82. The Morgan fingerprint density at radius 2 is 1.00 bits per heavy atom. The molecule has 0 atom stereocenters. The molecule has 2 rings (SSSR count). The molecule has 2 aliphatic rings. The predicted molar refractivity (Wildman–Crippen MR) is 140 cm³/mol. The maximum absolute atomic E-state index is 2.62. The average molecular weight is 427 g/mol. The molecule has 0 N–H and O–H groups in total. The zero-order valence-electron chi connectivity index (χ0n) is 20.8. The standard InChI is InChI=1S/C14H29N.C12H25N.2CH4/c1-12(2)6-5-7-14-8-10-15(11-9-14)13(3)4;1-10(2)6-5-7-12-8-13(9-12)11(3)4;;/h12-14H,5-11H2,1-4H3;10-12H,5-9H2,1-4H3;2*1H4. The van der Waals surface area contributed by atoms with Gasteiger partial charge >= 0.3 is 0 Å². The van der Waals surface area contributed by atoms with Gasteiger partial charge in [-0.1, -0.05) is 74.7 Å². The summed E-state index contributed by atoms with van der Waals surface area (Å²) in [7, 11) is 0. The lowest BCUT2D eigenvalue weighted by atomic mass is 9.90. The number of piperidine rings is 1. The smallest absolute Gasteiger partial charge is 0.00388 e. The van der Waals surface area contributed by atoms with Crippen molar-refractivity contribution in [3.8, 4) is 0 Å². The molecule has 0 aliphatic carbocycles. The molecule has 30 heavy (non-hydrogen) atoms. The maximum atomic E-state index is 2.62. The Bertz CT molecular complexity index is 358. The average Bonchev–Trinajstić information content (AvgIpc) is 2.57. The normalized spacial score (nSPS) is 18.8. The molecule has 0 unspecified atom stereocenters. The minimum atomic E-state index is 0. The zero-order valence-corrected chi connectivity index (χ0v) is 20.8. The van der Waals surface area contributed by atoms with E-state index in [-0.39, 0.29) is 14.9 Å². The van der Waals surface area contributed by atoms with Gasteiger partial charge in [-0.2, -0.15) is 0 Å². The Morgan fingerprint density at radius 3 is 1.37 bits per heavy atom. The molecule has 0 aromatic carbocycles. The number of hydrogen-bond donors (Lipinski definition) is 0. The summed E-state index contributed by atoms with van der Waals surface area (Å²) >= 11 is 0. The zero-order chi connectivity index (χ0) is 21.1. The van der Waals surface area contributed by atoms with Gasteiger partial charge in [0.05, 0.1) is 0 Å². The molecule has 0 bridgehead atoms. The quantitative estimate of drug-likeness (QED) is 0.346. The fraction of sp³-hybridized carbons (Fsp3) is 1.00. The molecule has 0 spiro atoms. The molecule has 2 saturated heterocycles. The summed E-state index contributed by atoms with van der Waals surface area (Å²) in [4.78, 5) is 5.19. The lowest BCUT2D eigenvalue weighted by molar-refractivity contribution is 0.0608. The van der Waals surface area contributed by atoms with E-state index in [1.807, 2.05) is 0 Å². The van der Waals surface area contributed by atoms with E-state index in [4.69, 9.17) is 0 Å². The first kappa shape index (κ1) is 32.1. The van der Waals surface area contributed by atoms with Crippen LogP contribution in [0.5, 0.6) is 0 Å². The van der Waals surface area contributed by atoms with E-state index in [9.17, 15) is 0 Å². The van der Waals surface area contributed by atoms with Crippen LogP contribution in [0.1, 0.15) is 122 Å². The molecule has 2 heteroatoms. The van der Waals surface area contributed by atoms with Gasteiger partial charge in [0.1, 0.15) is 0 Å². The lowest BCUT2D eigenvalue weighted by Crippen LogP contribution is -2.49. The second-order valence-electron chi connectivity index (χ2n) is 11.1. The molecule has 0 radical (unpaired) electrons. The van der Waals surface area contributed by atoms with Crippen LogP contribution >= 0.6 is 0 Å². The van der Waals surface area contributed by atoms with E-state index < -0.39 is 0 Å². The first-order valence-electron chi connectivity index (χ1n) is 12.7. The highest BCUT2D eigenvalue weighted by atomic mass is 15.2. The first-order valence-corrected chi connectivity index (χ1v) is 12.7. The van der Waals surface area contributed by atoms with Crippen LogP contribution < -0.4 is 0 Å². The molecular weight excluding hydrogens is 364 g/mol. The van der Waals surface area contributed by atoms with Crippen LogP contribution in [0, 0.1) is 23.7 Å². The SMILES string of the molecule is C.C.CC(C)CCCC1CCN(C(C)C)CC1.CC(C)CCCC1CN(C(C)C)C1. The van der Waals surface area contributed by atoms with Gasteiger partial charge in [0.15, 0.2) is 0 Å². The fourth-order valence-corrected chi connectivity index (χ4v) is 4.60. The maximum Gasteiger partial charge on any atom is 0.00388 e. The van der Waals surface area contributed by atoms with E-state index in [0.29, 0.717) is 0 Å². The summed E-state index contributed by atoms with van der Waals surface area (Å²) in [6, 6.07) is 1.52. The van der Waals surface area contributed by atoms with Gasteiger partial charge in [-0.15, -0.1) is 0 Å². The third kappa shape index (κ3) is 14.1. The lowest BCUT2D eigenvalue weighted by Gasteiger charge is -2.42. The van der Waals surface area contributed by atoms with Crippen molar-refractivity contribution in [3.63, 3.8) is 0 Å². The van der Waals surface area contributed by atoms with Crippen molar-refractivity contribution in [3.05, 3.63) is 0 Å². The summed E-state index contributed by atoms with van der Waals surface area (Å²) in [6.07, 6.45) is 11.5. The van der Waals surface area contributed by atoms with Crippen molar-refractivity contribution in [1.82, 2.24) is 9.80 Å². The molecule has 2 fully saturated rings. The van der Waals surface area contributed by atoms with Crippen molar-refractivity contribution in [2.75, 3.05) is 26.2 Å². The van der Waals surface area contributed by atoms with Gasteiger partial charge in [0, 0.05) is 25.2 Å². The number of rotatable bonds is 10. The molecule has 2 heterocycles. The molecule has 2 nitrogen and oxygen atoms in total. The Morgan fingerprint density at radius 1 is 0.600 bits per heavy atom. The Balaban J connectivity index is 0. The van der Waals surface area contributed by atoms with Crippen LogP contribution in [0.25, 0.3) is 0 Å². The minimum absolute atomic E-state index is 0. The summed E-state index contributed by atoms with van der Waals surface area (Å²) < 4.78 is 0. The molecule has 2 aliphatic heterocycles. The summed E-state index contributed by atoms with van der Waals surface area (Å²) in [5, 5.41) is 0. The van der Waals surface area contributed by atoms with Crippen molar-refractivity contribution in [2.45, 2.75) is 134 Å². The van der Waals surface area contributed by atoms with E-state index in [1.54, 1.807) is 0 Å². The van der Waals surface area contributed by atoms with Crippen LogP contribution in [0.15, 0.2) is 0 Å². The van der Waals surface area contributed by atoms with Crippen molar-refractivity contribution in [2.24, 2.45) is 23.7 Å². The minimum Gasteiger partial charge on any atom is -0.301 e. The third-order valence-electron chi connectivity index (χ3n) is 6.88. The highest BCUT2D eigenvalue weighted by Gasteiger charge is 2.27. The Hall–Kier alpha value is -0.0800. The number of likely N-dealkylation sites (tertiary alicyclic amines) is 2. The third-order valence-corrected chi connectivity index (χ3v) is 6.88. The summed E-state index contributed by atoms with van der Waals surface area (Å²) in [5.41, 5.74) is 0. The van der Waals surface area contributed by atoms with Gasteiger partial charge in [0.2, 0.25) is 0 Å². The van der Waals surface area contributed by atoms with E-state index in [1.165, 1.54) is 77.5 Å². The highest BCUT2D eigenvalue weighted by Crippen LogP contribution is 2.25. The molecule has 0 saturated carbocycles. The first-order chi connectivity index (χ1) is 13.2. The monoisotopic (exact) mass is 426 g/mol.